The van der Waals surface area contributed by atoms with Crippen LogP contribution in [0.4, 0.5) is 10.5 Å². The fourth-order valence-corrected chi connectivity index (χ4v) is 3.70. The first kappa shape index (κ1) is 22.1. The van der Waals surface area contributed by atoms with E-state index in [1.807, 2.05) is 60.8 Å². The molecule has 0 unspecified atom stereocenters. The van der Waals surface area contributed by atoms with Crippen molar-refractivity contribution in [3.8, 4) is 0 Å². The predicted molar refractivity (Wildman–Crippen MR) is 126 cm³/mol. The zero-order valence-electron chi connectivity index (χ0n) is 18.0. The number of carbonyl (C=O) groups excluding carboxylic acids is 2. The Kier molecular flexibility index (Phi) is 6.70. The molecule has 2 aromatic heterocycles. The van der Waals surface area contributed by atoms with Crippen molar-refractivity contribution < 1.29 is 14.7 Å². The molecule has 0 spiro atoms. The normalized spacial score (nSPS) is 11.9. The molecule has 4 rings (SSSR count). The number of nitrogens with two attached hydrogens (primary N) is 1. The minimum absolute atomic E-state index is 0.0951. The van der Waals surface area contributed by atoms with Gasteiger partial charge in [0, 0.05) is 31.2 Å². The molecule has 170 valence electrons. The highest BCUT2D eigenvalue weighted by Gasteiger charge is 2.14. The molecule has 5 N–H and O–H groups in total. The zero-order chi connectivity index (χ0) is 23.2. The molecule has 4 aromatic rings. The quantitative estimate of drug-likeness (QED) is 0.315. The molecule has 9 heteroatoms. The van der Waals surface area contributed by atoms with E-state index in [1.54, 1.807) is 10.8 Å². The van der Waals surface area contributed by atoms with Gasteiger partial charge in [-0.05, 0) is 35.6 Å². The molecule has 1 atom stereocenters. The van der Waals surface area contributed by atoms with Crippen LogP contribution < -0.4 is 16.4 Å². The lowest BCUT2D eigenvalue weighted by Crippen LogP contribution is -2.28. The van der Waals surface area contributed by atoms with Gasteiger partial charge in [-0.25, -0.2) is 9.78 Å². The molecule has 33 heavy (non-hydrogen) atoms. The number of aliphatic hydroxyl groups is 1. The zero-order valence-corrected chi connectivity index (χ0v) is 18.0. The van der Waals surface area contributed by atoms with Crippen LogP contribution in [0.5, 0.6) is 0 Å². The molecular formula is C24H26N6O3. The lowest BCUT2D eigenvalue weighted by molar-refractivity contribution is 0.0995. The predicted octanol–water partition coefficient (Wildman–Crippen LogP) is 2.88. The number of fused-ring (bicyclic) bond motifs is 1. The van der Waals surface area contributed by atoms with Crippen LogP contribution in [-0.4, -0.2) is 37.8 Å². The van der Waals surface area contributed by atoms with Crippen molar-refractivity contribution in [3.05, 3.63) is 84.6 Å². The highest BCUT2D eigenvalue weighted by atomic mass is 16.3. The molecule has 9 nitrogen and oxygen atoms in total. The van der Waals surface area contributed by atoms with E-state index in [9.17, 15) is 14.7 Å². The summed E-state index contributed by atoms with van der Waals surface area (Å²) in [6.45, 7) is 0.976. The fourth-order valence-electron chi connectivity index (χ4n) is 3.70. The van der Waals surface area contributed by atoms with E-state index in [0.29, 0.717) is 25.2 Å². The number of anilines is 1. The third-order valence-corrected chi connectivity index (χ3v) is 5.52. The summed E-state index contributed by atoms with van der Waals surface area (Å²) in [5.41, 5.74) is 8.11. The van der Waals surface area contributed by atoms with Crippen LogP contribution in [0.1, 0.15) is 28.5 Å². The Morgan fingerprint density at radius 2 is 1.94 bits per heavy atom. The van der Waals surface area contributed by atoms with E-state index in [1.165, 1.54) is 6.33 Å². The number of urea groups is 1. The molecular weight excluding hydrogens is 420 g/mol. The van der Waals surface area contributed by atoms with Gasteiger partial charge in [0.1, 0.15) is 5.69 Å². The standard InChI is InChI=1S/C24H26N6O3/c25-23(32)21-14-30(16-27-21)20(15-31)9-11-29-10-8-18-6-7-19(12-22(18)29)28-24(33)26-13-17-4-2-1-3-5-17/h1-8,10,12,14,16,20,31H,9,11,13,15H2,(H2,25,32)(H2,26,28,33)/t20-/m0/s1. The molecule has 0 aliphatic rings. The molecule has 0 radical (unpaired) electrons. The summed E-state index contributed by atoms with van der Waals surface area (Å²) >= 11 is 0. The Balaban J connectivity index is 1.40. The number of nitrogens with one attached hydrogen (secondary N) is 2. The maximum atomic E-state index is 12.3. The number of aromatic nitrogens is 3. The van der Waals surface area contributed by atoms with E-state index >= 15 is 0 Å². The molecule has 0 bridgehead atoms. The number of hydrogen-bond acceptors (Lipinski definition) is 4. The maximum absolute atomic E-state index is 12.3. The number of rotatable bonds is 9. The monoisotopic (exact) mass is 446 g/mol. The second kappa shape index (κ2) is 10.0. The Morgan fingerprint density at radius 3 is 2.67 bits per heavy atom. The van der Waals surface area contributed by atoms with Gasteiger partial charge in [0.15, 0.2) is 0 Å². The highest BCUT2D eigenvalue weighted by Crippen LogP contribution is 2.22. The van der Waals surface area contributed by atoms with Crippen molar-refractivity contribution in [1.29, 1.82) is 0 Å². The Bertz CT molecular complexity index is 1250. The van der Waals surface area contributed by atoms with Gasteiger partial charge in [0.2, 0.25) is 0 Å². The van der Waals surface area contributed by atoms with Crippen molar-refractivity contribution in [1.82, 2.24) is 19.4 Å². The van der Waals surface area contributed by atoms with Gasteiger partial charge in [-0.2, -0.15) is 0 Å². The number of aliphatic hydroxyl groups excluding tert-OH is 1. The summed E-state index contributed by atoms with van der Waals surface area (Å²) in [6.07, 6.45) is 5.64. The van der Waals surface area contributed by atoms with Gasteiger partial charge in [-0.1, -0.05) is 36.4 Å². The summed E-state index contributed by atoms with van der Waals surface area (Å²) < 4.78 is 3.77. The van der Waals surface area contributed by atoms with Crippen LogP contribution in [-0.2, 0) is 13.1 Å². The second-order valence-electron chi connectivity index (χ2n) is 7.77. The average molecular weight is 447 g/mol. The number of imidazole rings is 1. The van der Waals surface area contributed by atoms with Gasteiger partial charge < -0.3 is 30.6 Å². The minimum Gasteiger partial charge on any atom is -0.394 e. The molecule has 0 saturated heterocycles. The van der Waals surface area contributed by atoms with Crippen molar-refractivity contribution >= 4 is 28.5 Å². The number of nitrogens with zero attached hydrogens (tertiary/aromatic N) is 3. The largest absolute Gasteiger partial charge is 0.394 e. The number of benzene rings is 2. The van der Waals surface area contributed by atoms with Crippen LogP contribution in [0, 0.1) is 0 Å². The molecule has 0 aliphatic heterocycles. The highest BCUT2D eigenvalue weighted by molar-refractivity contribution is 5.93. The molecule has 3 amide bonds. The third kappa shape index (κ3) is 5.39. The van der Waals surface area contributed by atoms with Gasteiger partial charge in [0.05, 0.1) is 24.5 Å². The second-order valence-corrected chi connectivity index (χ2v) is 7.77. The smallest absolute Gasteiger partial charge is 0.319 e. The number of hydrogen-bond donors (Lipinski definition) is 4. The van der Waals surface area contributed by atoms with Crippen LogP contribution >= 0.6 is 0 Å². The van der Waals surface area contributed by atoms with Gasteiger partial charge in [-0.3, -0.25) is 4.79 Å². The lowest BCUT2D eigenvalue weighted by Gasteiger charge is -2.16. The SMILES string of the molecule is NC(=O)c1cn([C@H](CO)CCn2ccc3ccc(NC(=O)NCc4ccccc4)cc32)cn1. The first-order valence-corrected chi connectivity index (χ1v) is 10.7. The summed E-state index contributed by atoms with van der Waals surface area (Å²) in [5.74, 6) is -0.602. The van der Waals surface area contributed by atoms with Gasteiger partial charge in [-0.15, -0.1) is 0 Å². The Morgan fingerprint density at radius 1 is 1.12 bits per heavy atom. The maximum Gasteiger partial charge on any atom is 0.319 e. The summed E-state index contributed by atoms with van der Waals surface area (Å²) in [6, 6.07) is 16.9. The first-order chi connectivity index (χ1) is 16.0. The molecule has 0 saturated carbocycles. The van der Waals surface area contributed by atoms with E-state index in [0.717, 1.165) is 16.5 Å². The van der Waals surface area contributed by atoms with E-state index in [4.69, 9.17) is 5.73 Å². The van der Waals surface area contributed by atoms with Crippen LogP contribution in [0.25, 0.3) is 10.9 Å². The molecule has 0 aliphatic carbocycles. The summed E-state index contributed by atoms with van der Waals surface area (Å²) in [7, 11) is 0. The average Bonchev–Trinajstić information content (AvgIpc) is 3.47. The molecule has 0 fully saturated rings. The number of primary amides is 1. The Labute approximate surface area is 190 Å². The Hall–Kier alpha value is -4.11. The third-order valence-electron chi connectivity index (χ3n) is 5.52. The summed E-state index contributed by atoms with van der Waals surface area (Å²) in [5, 5.41) is 16.6. The van der Waals surface area contributed by atoms with Gasteiger partial charge in [0.25, 0.3) is 5.91 Å². The number of carbonyl (C=O) groups is 2. The number of aryl methyl sites for hydroxylation is 1. The molecule has 2 aromatic carbocycles. The van der Waals surface area contributed by atoms with Crippen LogP contribution in [0.2, 0.25) is 0 Å². The van der Waals surface area contributed by atoms with E-state index in [-0.39, 0.29) is 24.4 Å². The molecule has 2 heterocycles. The number of amides is 3. The minimum atomic E-state index is -0.602. The van der Waals surface area contributed by atoms with Crippen molar-refractivity contribution in [2.45, 2.75) is 25.6 Å². The fraction of sp³-hybridized carbons (Fsp3) is 0.208. The van der Waals surface area contributed by atoms with Gasteiger partial charge >= 0.3 is 6.03 Å². The van der Waals surface area contributed by atoms with Crippen molar-refractivity contribution in [2.75, 3.05) is 11.9 Å². The van der Waals surface area contributed by atoms with Crippen molar-refractivity contribution in [2.24, 2.45) is 5.73 Å². The van der Waals surface area contributed by atoms with E-state index < -0.39 is 5.91 Å². The lowest BCUT2D eigenvalue weighted by atomic mass is 10.2. The van der Waals surface area contributed by atoms with E-state index in [2.05, 4.69) is 20.2 Å². The van der Waals surface area contributed by atoms with Crippen molar-refractivity contribution in [3.63, 3.8) is 0 Å². The topological polar surface area (TPSA) is 127 Å². The summed E-state index contributed by atoms with van der Waals surface area (Å²) in [4.78, 5) is 27.6. The van der Waals surface area contributed by atoms with Crippen LogP contribution in [0.3, 0.4) is 0 Å². The van der Waals surface area contributed by atoms with Crippen LogP contribution in [0.15, 0.2) is 73.3 Å². The first-order valence-electron chi connectivity index (χ1n) is 10.7.